The molecule has 1 aromatic carbocycles. The third-order valence-electron chi connectivity index (χ3n) is 5.32. The highest BCUT2D eigenvalue weighted by Gasteiger charge is 2.28. The Hall–Kier alpha value is -2.43. The Morgan fingerprint density at radius 2 is 1.96 bits per heavy atom. The average Bonchev–Trinajstić information content (AvgIpc) is 2.72. The minimum absolute atomic E-state index is 0.0548. The summed E-state index contributed by atoms with van der Waals surface area (Å²) in [5.74, 6) is 1.18. The summed E-state index contributed by atoms with van der Waals surface area (Å²) in [7, 11) is 1.92. The zero-order valence-corrected chi connectivity index (χ0v) is 16.7. The Morgan fingerprint density at radius 1 is 1.19 bits per heavy atom. The summed E-state index contributed by atoms with van der Waals surface area (Å²) in [6, 6.07) is 12.4. The van der Waals surface area contributed by atoms with Crippen LogP contribution in [0.2, 0.25) is 0 Å². The number of hydrogen-bond acceptors (Lipinski definition) is 4. The molecule has 0 radical (unpaired) electrons. The number of unbranched alkanes of at least 4 members (excludes halogenated alkanes) is 1. The number of aromatic nitrogens is 2. The zero-order valence-electron chi connectivity index (χ0n) is 16.7. The monoisotopic (exact) mass is 366 g/mol. The van der Waals surface area contributed by atoms with Crippen LogP contribution in [0.4, 0.5) is 5.82 Å². The molecule has 3 rings (SSSR count). The number of carbonyl (C=O) groups is 1. The van der Waals surface area contributed by atoms with Crippen LogP contribution in [0.3, 0.4) is 0 Å². The van der Waals surface area contributed by atoms with Crippen LogP contribution >= 0.6 is 0 Å². The van der Waals surface area contributed by atoms with Gasteiger partial charge in [-0.3, -0.25) is 4.79 Å². The molecule has 5 nitrogen and oxygen atoms in total. The number of hydrogen-bond donors (Lipinski definition) is 0. The number of amides is 1. The fourth-order valence-corrected chi connectivity index (χ4v) is 3.58. The molecule has 0 bridgehead atoms. The summed E-state index contributed by atoms with van der Waals surface area (Å²) in [6.07, 6.45) is 4.14. The van der Waals surface area contributed by atoms with Gasteiger partial charge in [0.05, 0.1) is 11.6 Å². The Kier molecular flexibility index (Phi) is 6.43. The van der Waals surface area contributed by atoms with Crippen LogP contribution in [0.15, 0.2) is 36.4 Å². The molecule has 1 aliphatic rings. The van der Waals surface area contributed by atoms with Crippen LogP contribution < -0.4 is 4.90 Å². The molecule has 0 aliphatic carbocycles. The molecule has 0 N–H and O–H groups in total. The summed E-state index contributed by atoms with van der Waals surface area (Å²) in [4.78, 5) is 16.8. The lowest BCUT2D eigenvalue weighted by molar-refractivity contribution is -0.134. The maximum atomic E-state index is 12.7. The molecule has 0 saturated carbocycles. The summed E-state index contributed by atoms with van der Waals surface area (Å²) >= 11 is 0. The largest absolute Gasteiger partial charge is 0.354 e. The van der Waals surface area contributed by atoms with Gasteiger partial charge in [-0.2, -0.15) is 0 Å². The molecule has 1 aromatic heterocycles. The molecule has 1 amide bonds. The Bertz CT molecular complexity index is 742. The van der Waals surface area contributed by atoms with Gasteiger partial charge < -0.3 is 9.80 Å². The minimum atomic E-state index is 0.0548. The molecule has 1 saturated heterocycles. The topological polar surface area (TPSA) is 49.3 Å². The number of anilines is 1. The Morgan fingerprint density at radius 3 is 2.63 bits per heavy atom. The first-order chi connectivity index (χ1) is 13.1. The molecule has 0 unspecified atom stereocenters. The van der Waals surface area contributed by atoms with Gasteiger partial charge in [-0.05, 0) is 38.3 Å². The quantitative estimate of drug-likeness (QED) is 0.777. The molecule has 0 spiro atoms. The normalized spacial score (nSPS) is 17.0. The van der Waals surface area contributed by atoms with Gasteiger partial charge in [0.25, 0.3) is 0 Å². The van der Waals surface area contributed by atoms with Crippen molar-refractivity contribution in [1.82, 2.24) is 15.1 Å². The third kappa shape index (κ3) is 4.85. The van der Waals surface area contributed by atoms with Crippen molar-refractivity contribution >= 4 is 11.7 Å². The summed E-state index contributed by atoms with van der Waals surface area (Å²) in [5, 5.41) is 8.85. The molecule has 2 aromatic rings. The molecular formula is C22H30N4O. The van der Waals surface area contributed by atoms with Crippen molar-refractivity contribution in [1.29, 1.82) is 0 Å². The van der Waals surface area contributed by atoms with Gasteiger partial charge in [-0.1, -0.05) is 43.2 Å². The molecule has 1 atom stereocenters. The van der Waals surface area contributed by atoms with E-state index in [0.29, 0.717) is 0 Å². The predicted molar refractivity (Wildman–Crippen MR) is 110 cm³/mol. The van der Waals surface area contributed by atoms with Crippen molar-refractivity contribution in [3.8, 4) is 11.3 Å². The van der Waals surface area contributed by atoms with Crippen LogP contribution in [0, 0.1) is 12.8 Å². The van der Waals surface area contributed by atoms with E-state index in [4.69, 9.17) is 0 Å². The molecular weight excluding hydrogens is 336 g/mol. The van der Waals surface area contributed by atoms with Crippen LogP contribution in [0.1, 0.15) is 38.2 Å². The summed E-state index contributed by atoms with van der Waals surface area (Å²) in [6.45, 7) is 6.73. The van der Waals surface area contributed by atoms with E-state index in [1.54, 1.807) is 0 Å². The first-order valence-electron chi connectivity index (χ1n) is 9.99. The number of carbonyl (C=O) groups excluding carboxylic acids is 1. The smallest absolute Gasteiger partial charge is 0.227 e. The zero-order chi connectivity index (χ0) is 19.2. The maximum Gasteiger partial charge on any atom is 0.227 e. The molecule has 1 fully saturated rings. The molecule has 5 heteroatoms. The van der Waals surface area contributed by atoms with Crippen LogP contribution in [0.25, 0.3) is 11.3 Å². The van der Waals surface area contributed by atoms with E-state index in [2.05, 4.69) is 53.2 Å². The van der Waals surface area contributed by atoms with Gasteiger partial charge in [0.1, 0.15) is 0 Å². The van der Waals surface area contributed by atoms with Crippen molar-refractivity contribution in [2.75, 3.05) is 31.6 Å². The van der Waals surface area contributed by atoms with Gasteiger partial charge in [0, 0.05) is 32.2 Å². The highest BCUT2D eigenvalue weighted by atomic mass is 16.2. The van der Waals surface area contributed by atoms with Crippen LogP contribution in [0.5, 0.6) is 0 Å². The van der Waals surface area contributed by atoms with Gasteiger partial charge in [-0.15, -0.1) is 10.2 Å². The van der Waals surface area contributed by atoms with E-state index >= 15 is 0 Å². The summed E-state index contributed by atoms with van der Waals surface area (Å²) < 4.78 is 0. The molecule has 27 heavy (non-hydrogen) atoms. The first-order valence-corrected chi connectivity index (χ1v) is 9.99. The SMILES string of the molecule is CCCCN(C)C(=O)[C@H]1CCCN(c2ccc(-c3ccc(C)cc3)nn2)C1. The predicted octanol–water partition coefficient (Wildman–Crippen LogP) is 3.93. The standard InChI is InChI=1S/C22H30N4O/c1-4-5-14-25(3)22(27)19-7-6-15-26(16-19)21-13-12-20(23-24-21)18-10-8-17(2)9-11-18/h8-13,19H,4-7,14-16H2,1-3H3/t19-/m0/s1. The van der Waals surface area contributed by atoms with Gasteiger partial charge >= 0.3 is 0 Å². The van der Waals surface area contributed by atoms with Crippen molar-refractivity contribution < 1.29 is 4.79 Å². The number of benzene rings is 1. The lowest BCUT2D eigenvalue weighted by atomic mass is 9.96. The number of rotatable bonds is 6. The fourth-order valence-electron chi connectivity index (χ4n) is 3.58. The average molecular weight is 367 g/mol. The van der Waals surface area contributed by atoms with Crippen molar-refractivity contribution in [3.63, 3.8) is 0 Å². The summed E-state index contributed by atoms with van der Waals surface area (Å²) in [5.41, 5.74) is 3.18. The molecule has 1 aliphatic heterocycles. The number of nitrogens with zero attached hydrogens (tertiary/aromatic N) is 4. The Balaban J connectivity index is 1.65. The van der Waals surface area contributed by atoms with E-state index in [-0.39, 0.29) is 11.8 Å². The lowest BCUT2D eigenvalue weighted by Gasteiger charge is -2.34. The van der Waals surface area contributed by atoms with E-state index in [1.165, 1.54) is 5.56 Å². The van der Waals surface area contributed by atoms with E-state index < -0.39 is 0 Å². The highest BCUT2D eigenvalue weighted by molar-refractivity contribution is 5.79. The van der Waals surface area contributed by atoms with Crippen molar-refractivity contribution in [2.45, 2.75) is 39.5 Å². The first kappa shape index (κ1) is 19.3. The second kappa shape index (κ2) is 8.98. The van der Waals surface area contributed by atoms with E-state index in [0.717, 1.165) is 62.4 Å². The molecule has 144 valence electrons. The molecule has 2 heterocycles. The highest BCUT2D eigenvalue weighted by Crippen LogP contribution is 2.24. The van der Waals surface area contributed by atoms with Gasteiger partial charge in [0.2, 0.25) is 5.91 Å². The van der Waals surface area contributed by atoms with Gasteiger partial charge in [-0.25, -0.2) is 0 Å². The fraction of sp³-hybridized carbons (Fsp3) is 0.500. The minimum Gasteiger partial charge on any atom is -0.354 e. The Labute approximate surface area is 162 Å². The number of aryl methyl sites for hydroxylation is 1. The lowest BCUT2D eigenvalue weighted by Crippen LogP contribution is -2.44. The second-order valence-corrected chi connectivity index (χ2v) is 7.54. The second-order valence-electron chi connectivity index (χ2n) is 7.54. The van der Waals surface area contributed by atoms with Crippen molar-refractivity contribution in [2.24, 2.45) is 5.92 Å². The van der Waals surface area contributed by atoms with Gasteiger partial charge in [0.15, 0.2) is 5.82 Å². The number of piperidine rings is 1. The van der Waals surface area contributed by atoms with E-state index in [9.17, 15) is 4.79 Å². The maximum absolute atomic E-state index is 12.7. The van der Waals surface area contributed by atoms with Crippen molar-refractivity contribution in [3.05, 3.63) is 42.0 Å². The van der Waals surface area contributed by atoms with Crippen LogP contribution in [-0.2, 0) is 4.79 Å². The third-order valence-corrected chi connectivity index (χ3v) is 5.32. The van der Waals surface area contributed by atoms with Crippen LogP contribution in [-0.4, -0.2) is 47.7 Å². The van der Waals surface area contributed by atoms with E-state index in [1.807, 2.05) is 24.1 Å².